The van der Waals surface area contributed by atoms with E-state index in [4.69, 9.17) is 58.9 Å². The normalized spacial score (nSPS) is 15.8. The summed E-state index contributed by atoms with van der Waals surface area (Å²) < 4.78 is 22.2. The molecule has 5 aliphatic rings. The second kappa shape index (κ2) is 11.6. The zero-order valence-corrected chi connectivity index (χ0v) is 29.8. The maximum atomic E-state index is 5.56. The van der Waals surface area contributed by atoms with Crippen LogP contribution in [-0.4, -0.2) is 75.1 Å². The molecule has 232 valence electrons. The molecule has 0 aliphatic carbocycles. The third-order valence-electron chi connectivity index (χ3n) is 8.53. The molecule has 5 heterocycles. The van der Waals surface area contributed by atoms with Crippen molar-refractivity contribution in [2.45, 2.75) is 0 Å². The number of hydrogen-bond donors (Lipinski definition) is 0. The summed E-state index contributed by atoms with van der Waals surface area (Å²) in [6, 6.07) is 22.7. The van der Waals surface area contributed by atoms with Crippen LogP contribution in [0.25, 0.3) is 0 Å². The van der Waals surface area contributed by atoms with E-state index in [9.17, 15) is 0 Å². The van der Waals surface area contributed by atoms with E-state index in [1.54, 1.807) is 28.4 Å². The van der Waals surface area contributed by atoms with Crippen molar-refractivity contribution in [2.75, 3.05) is 28.4 Å². The topological polar surface area (TPSA) is 136 Å². The molecule has 13 heteroatoms. The zero-order chi connectivity index (χ0) is 32.5. The molecule has 9 rings (SSSR count). The molecule has 0 aromatic heterocycles. The molecule has 12 nitrogen and oxygen atoms in total. The second-order valence-electron chi connectivity index (χ2n) is 11.1. The molecular formula is C36H24N8O4Zn+2. The van der Waals surface area contributed by atoms with Crippen LogP contribution in [0.2, 0.25) is 0 Å². The summed E-state index contributed by atoms with van der Waals surface area (Å²) in [6.45, 7) is 0. The first-order valence-electron chi connectivity index (χ1n) is 15.0. The minimum absolute atomic E-state index is 0. The Kier molecular flexibility index (Phi) is 7.22. The molecular weight excluding hydrogens is 674 g/mol. The van der Waals surface area contributed by atoms with Gasteiger partial charge in [-0.3, -0.25) is 0 Å². The van der Waals surface area contributed by atoms with Crippen molar-refractivity contribution in [3.8, 4) is 23.0 Å². The van der Waals surface area contributed by atoms with Crippen LogP contribution in [0.3, 0.4) is 0 Å². The molecule has 4 aromatic carbocycles. The number of ether oxygens (including phenoxy) is 4. The van der Waals surface area contributed by atoms with Gasteiger partial charge < -0.3 is 18.9 Å². The fourth-order valence-electron chi connectivity index (χ4n) is 6.09. The summed E-state index contributed by atoms with van der Waals surface area (Å²) in [7, 11) is 6.48. The summed E-state index contributed by atoms with van der Waals surface area (Å²) >= 11 is 0. The van der Waals surface area contributed by atoms with Crippen LogP contribution >= 0.6 is 0 Å². The van der Waals surface area contributed by atoms with Crippen LogP contribution in [0.5, 0.6) is 23.0 Å². The minimum atomic E-state index is 0. The molecule has 0 atom stereocenters. The second-order valence-corrected chi connectivity index (χ2v) is 11.1. The molecule has 0 radical (unpaired) electrons. The Morgan fingerprint density at radius 1 is 0.286 bits per heavy atom. The SMILES string of the molecule is COc1ccc2c(c1)C1=NC2=NC2=NC(=NC3=NC(=NC4=NC(=N1)c1ccc(OC)cc14)c1cc(OC)ccc13)c1cc(OC)ccc12.[Zn+2]. The summed E-state index contributed by atoms with van der Waals surface area (Å²) in [5, 5.41) is 0. The van der Waals surface area contributed by atoms with E-state index in [-0.39, 0.29) is 19.5 Å². The standard InChI is InChI=1S/C36H24N8O4.Zn/c1-45-17-5-9-21-25(13-17)33-38-29(21)37-30-22-10-6-18(46-2)14-26(22)34(39-30)41-32-24-12-8-20(48-4)16-28(24)36(43-32)44-35-27-15-19(47-3)7-11-23(27)31(40-33)42-35;/h5-16H,1-4H3;/q;+2. The number of hydrogen-bond acceptors (Lipinski definition) is 12. The van der Waals surface area contributed by atoms with E-state index in [1.165, 1.54) is 0 Å². The summed E-state index contributed by atoms with van der Waals surface area (Å²) in [5.74, 6) is 6.14. The number of fused-ring (bicyclic) bond motifs is 16. The van der Waals surface area contributed by atoms with Crippen molar-refractivity contribution < 1.29 is 38.4 Å². The molecule has 0 fully saturated rings. The van der Waals surface area contributed by atoms with Gasteiger partial charge in [-0.2, -0.15) is 0 Å². The van der Waals surface area contributed by atoms with Crippen LogP contribution in [0.4, 0.5) is 0 Å². The third-order valence-corrected chi connectivity index (χ3v) is 8.53. The number of rotatable bonds is 4. The van der Waals surface area contributed by atoms with Crippen LogP contribution in [-0.2, 0) is 19.5 Å². The van der Waals surface area contributed by atoms with Crippen molar-refractivity contribution in [1.29, 1.82) is 0 Å². The molecule has 0 unspecified atom stereocenters. The van der Waals surface area contributed by atoms with Crippen molar-refractivity contribution >= 4 is 46.7 Å². The largest absolute Gasteiger partial charge is 2.00 e. The summed E-state index contributed by atoms with van der Waals surface area (Å²) in [5.41, 5.74) is 6.11. The predicted molar refractivity (Wildman–Crippen MR) is 184 cm³/mol. The molecule has 0 amide bonds. The van der Waals surface area contributed by atoms with Crippen LogP contribution < -0.4 is 18.9 Å². The Morgan fingerprint density at radius 3 is 0.653 bits per heavy atom. The maximum absolute atomic E-state index is 5.56. The summed E-state index contributed by atoms with van der Waals surface area (Å²) in [4.78, 5) is 39.6. The number of nitrogens with zero attached hydrogens (tertiary/aromatic N) is 8. The van der Waals surface area contributed by atoms with Crippen LogP contribution in [0.1, 0.15) is 44.5 Å². The Balaban J connectivity index is 0.00000348. The van der Waals surface area contributed by atoms with Gasteiger partial charge in [-0.05, 0) is 72.8 Å². The van der Waals surface area contributed by atoms with Crippen molar-refractivity contribution in [3.63, 3.8) is 0 Å². The van der Waals surface area contributed by atoms with Crippen molar-refractivity contribution in [2.24, 2.45) is 39.9 Å². The van der Waals surface area contributed by atoms with Crippen molar-refractivity contribution in [1.82, 2.24) is 0 Å². The van der Waals surface area contributed by atoms with Gasteiger partial charge in [0.2, 0.25) is 0 Å². The number of amidine groups is 8. The first kappa shape index (κ1) is 30.4. The Labute approximate surface area is 292 Å². The fraction of sp³-hybridized carbons (Fsp3) is 0.111. The van der Waals surface area contributed by atoms with Crippen molar-refractivity contribution in [3.05, 3.63) is 117 Å². The fourth-order valence-corrected chi connectivity index (χ4v) is 6.09. The zero-order valence-electron chi connectivity index (χ0n) is 26.8. The average molecular weight is 698 g/mol. The third kappa shape index (κ3) is 4.84. The van der Waals surface area contributed by atoms with E-state index >= 15 is 0 Å². The molecule has 49 heavy (non-hydrogen) atoms. The van der Waals surface area contributed by atoms with Gasteiger partial charge >= 0.3 is 19.5 Å². The van der Waals surface area contributed by atoms with Gasteiger partial charge in [0.05, 0.1) is 28.4 Å². The van der Waals surface area contributed by atoms with Gasteiger partial charge in [0.1, 0.15) is 23.0 Å². The van der Waals surface area contributed by atoms with E-state index in [1.807, 2.05) is 72.8 Å². The van der Waals surface area contributed by atoms with Crippen LogP contribution in [0, 0.1) is 0 Å². The molecule has 0 saturated heterocycles. The quantitative estimate of drug-likeness (QED) is 0.282. The number of aliphatic imine (C=N–C) groups is 8. The van der Waals surface area contributed by atoms with Gasteiger partial charge in [-0.15, -0.1) is 0 Å². The molecule has 4 aromatic rings. The monoisotopic (exact) mass is 696 g/mol. The maximum Gasteiger partial charge on any atom is 2.00 e. The van der Waals surface area contributed by atoms with Gasteiger partial charge in [0.25, 0.3) is 0 Å². The molecule has 0 spiro atoms. The van der Waals surface area contributed by atoms with Gasteiger partial charge in [0.15, 0.2) is 46.7 Å². The van der Waals surface area contributed by atoms with Gasteiger partial charge in [-0.25, -0.2) is 39.9 Å². The average Bonchev–Trinajstić information content (AvgIpc) is 3.85. The number of methoxy groups -OCH3 is 4. The van der Waals surface area contributed by atoms with E-state index in [2.05, 4.69) is 0 Å². The number of benzene rings is 4. The molecule has 0 N–H and O–H groups in total. The molecule has 8 bridgehead atoms. The molecule has 0 saturated carbocycles. The first-order valence-corrected chi connectivity index (χ1v) is 15.0. The van der Waals surface area contributed by atoms with E-state index in [0.717, 1.165) is 44.5 Å². The van der Waals surface area contributed by atoms with E-state index < -0.39 is 0 Å². The Hall–Kier alpha value is -5.94. The van der Waals surface area contributed by atoms with Gasteiger partial charge in [-0.1, -0.05) is 0 Å². The smallest absolute Gasteiger partial charge is 0.497 e. The van der Waals surface area contributed by atoms with E-state index in [0.29, 0.717) is 69.7 Å². The summed E-state index contributed by atoms with van der Waals surface area (Å²) in [6.07, 6.45) is 0. The Bertz CT molecular complexity index is 2400. The first-order chi connectivity index (χ1) is 23.5. The predicted octanol–water partition coefficient (Wildman–Crippen LogP) is 4.86. The van der Waals surface area contributed by atoms with Gasteiger partial charge in [0, 0.05) is 44.5 Å². The Morgan fingerprint density at radius 2 is 0.469 bits per heavy atom. The minimum Gasteiger partial charge on any atom is -0.497 e. The molecule has 5 aliphatic heterocycles. The van der Waals surface area contributed by atoms with Crippen LogP contribution in [0.15, 0.2) is 113 Å².